The van der Waals surface area contributed by atoms with Crippen molar-refractivity contribution < 1.29 is 9.66 Å². The molecule has 2 aromatic rings. The summed E-state index contributed by atoms with van der Waals surface area (Å²) in [4.78, 5) is 11.1. The van der Waals surface area contributed by atoms with Crippen LogP contribution < -0.4 is 10.5 Å². The fourth-order valence-electron chi connectivity index (χ4n) is 1.82. The highest BCUT2D eigenvalue weighted by atomic mass is 32.2. The van der Waals surface area contributed by atoms with E-state index >= 15 is 0 Å². The quantitative estimate of drug-likeness (QED) is 0.290. The molecule has 0 fully saturated rings. The lowest BCUT2D eigenvalue weighted by Crippen LogP contribution is -2.13. The number of hydrogen-bond donors (Lipinski definition) is 2. The molecule has 0 spiro atoms. The predicted molar refractivity (Wildman–Crippen MR) is 82.4 cm³/mol. The Morgan fingerprint density at radius 2 is 2.05 bits per heavy atom. The summed E-state index contributed by atoms with van der Waals surface area (Å²) in [6.45, 7) is 0. The van der Waals surface area contributed by atoms with Crippen molar-refractivity contribution in [2.45, 2.75) is 4.90 Å². The first kappa shape index (κ1) is 14.9. The van der Waals surface area contributed by atoms with Crippen LogP contribution in [0.5, 0.6) is 11.5 Å². The average molecular weight is 303 g/mol. The van der Waals surface area contributed by atoms with Crippen molar-refractivity contribution in [3.05, 3.63) is 58.1 Å². The molecule has 0 atom stereocenters. The Balaban J connectivity index is 2.42. The molecule has 6 nitrogen and oxygen atoms in total. The van der Waals surface area contributed by atoms with Gasteiger partial charge in [-0.1, -0.05) is 12.1 Å². The Bertz CT molecular complexity index is 704. The van der Waals surface area contributed by atoms with Gasteiger partial charge in [-0.25, -0.2) is 0 Å². The van der Waals surface area contributed by atoms with Gasteiger partial charge in [-0.15, -0.1) is 11.8 Å². The summed E-state index contributed by atoms with van der Waals surface area (Å²) < 4.78 is 5.67. The van der Waals surface area contributed by atoms with Crippen LogP contribution >= 0.6 is 11.8 Å². The number of amidine groups is 1. The van der Waals surface area contributed by atoms with E-state index in [0.29, 0.717) is 17.1 Å². The van der Waals surface area contributed by atoms with E-state index in [9.17, 15) is 10.1 Å². The van der Waals surface area contributed by atoms with Crippen LogP contribution in [0.3, 0.4) is 0 Å². The molecule has 7 heteroatoms. The van der Waals surface area contributed by atoms with Gasteiger partial charge in [-0.2, -0.15) is 0 Å². The van der Waals surface area contributed by atoms with E-state index in [2.05, 4.69) is 0 Å². The van der Waals surface area contributed by atoms with Crippen molar-refractivity contribution in [1.82, 2.24) is 0 Å². The van der Waals surface area contributed by atoms with Crippen LogP contribution in [-0.2, 0) is 0 Å². The maximum atomic E-state index is 10.8. The summed E-state index contributed by atoms with van der Waals surface area (Å²) in [5.74, 6) is 0.611. The summed E-state index contributed by atoms with van der Waals surface area (Å²) in [7, 11) is 0. The summed E-state index contributed by atoms with van der Waals surface area (Å²) in [6.07, 6.45) is 1.87. The molecule has 0 aliphatic carbocycles. The van der Waals surface area contributed by atoms with Gasteiger partial charge in [0.15, 0.2) is 0 Å². The Hall–Kier alpha value is -2.54. The summed E-state index contributed by atoms with van der Waals surface area (Å²) in [5.41, 5.74) is 6.03. The largest absolute Gasteiger partial charge is 0.456 e. The van der Waals surface area contributed by atoms with Crippen LogP contribution in [0.15, 0.2) is 47.4 Å². The maximum Gasteiger partial charge on any atom is 0.273 e. The zero-order chi connectivity index (χ0) is 15.4. The topological polar surface area (TPSA) is 102 Å². The first-order chi connectivity index (χ1) is 10.0. The van der Waals surface area contributed by atoms with E-state index in [1.54, 1.807) is 24.3 Å². The minimum atomic E-state index is -0.489. The molecule has 0 aromatic heterocycles. The molecule has 2 rings (SSSR count). The first-order valence-electron chi connectivity index (χ1n) is 5.96. The molecule has 0 saturated heterocycles. The Morgan fingerprint density at radius 1 is 1.33 bits per heavy atom. The van der Waals surface area contributed by atoms with Gasteiger partial charge in [-0.05, 0) is 24.5 Å². The lowest BCUT2D eigenvalue weighted by atomic mass is 10.2. The minimum absolute atomic E-state index is 0.0575. The molecular formula is C14H13N3O3S. The number of nitrogens with one attached hydrogen (secondary N) is 1. The van der Waals surface area contributed by atoms with E-state index in [-0.39, 0.29) is 11.5 Å². The highest BCUT2D eigenvalue weighted by Crippen LogP contribution is 2.32. The third-order valence-corrected chi connectivity index (χ3v) is 3.51. The van der Waals surface area contributed by atoms with Gasteiger partial charge < -0.3 is 10.5 Å². The van der Waals surface area contributed by atoms with Crippen molar-refractivity contribution >= 4 is 23.3 Å². The molecule has 0 heterocycles. The predicted octanol–water partition coefficient (Wildman–Crippen LogP) is 3.39. The SMILES string of the molecule is CSc1cccc(Oc2cccc([N+](=O)[O-])c2)c1C(=N)N. The number of nitrogens with two attached hydrogens (primary N) is 1. The molecule has 0 saturated carbocycles. The van der Waals surface area contributed by atoms with Crippen molar-refractivity contribution in [3.63, 3.8) is 0 Å². The van der Waals surface area contributed by atoms with Gasteiger partial charge in [0, 0.05) is 11.0 Å². The van der Waals surface area contributed by atoms with Gasteiger partial charge in [0.2, 0.25) is 0 Å². The van der Waals surface area contributed by atoms with Crippen LogP contribution in [0.4, 0.5) is 5.69 Å². The second-order valence-electron chi connectivity index (χ2n) is 4.10. The van der Waals surface area contributed by atoms with E-state index in [1.165, 1.54) is 23.9 Å². The third kappa shape index (κ3) is 3.32. The number of rotatable bonds is 5. The molecule has 0 amide bonds. The summed E-state index contributed by atoms with van der Waals surface area (Å²) >= 11 is 1.45. The van der Waals surface area contributed by atoms with Crippen LogP contribution in [0.1, 0.15) is 5.56 Å². The lowest BCUT2D eigenvalue weighted by Gasteiger charge is -2.13. The van der Waals surface area contributed by atoms with Crippen LogP contribution in [-0.4, -0.2) is 17.0 Å². The number of nitrogen functional groups attached to an aromatic ring is 1. The Morgan fingerprint density at radius 3 is 2.67 bits per heavy atom. The maximum absolute atomic E-state index is 10.8. The second-order valence-corrected chi connectivity index (χ2v) is 4.95. The molecule has 3 N–H and O–H groups in total. The zero-order valence-electron chi connectivity index (χ0n) is 11.2. The molecular weight excluding hydrogens is 290 g/mol. The molecule has 0 aliphatic heterocycles. The lowest BCUT2D eigenvalue weighted by molar-refractivity contribution is -0.384. The second kappa shape index (κ2) is 6.27. The van der Waals surface area contributed by atoms with Crippen LogP contribution in [0.25, 0.3) is 0 Å². The Labute approximate surface area is 125 Å². The number of nitro benzene ring substituents is 1. The average Bonchev–Trinajstić information content (AvgIpc) is 2.46. The standard InChI is InChI=1S/C14H13N3O3S/c1-21-12-7-3-6-11(13(12)14(15)16)20-10-5-2-4-9(8-10)17(18)19/h2-8H,1H3,(H3,15,16). The fourth-order valence-corrected chi connectivity index (χ4v) is 2.45. The molecule has 0 radical (unpaired) electrons. The third-order valence-electron chi connectivity index (χ3n) is 2.73. The number of benzene rings is 2. The van der Waals surface area contributed by atoms with E-state index < -0.39 is 4.92 Å². The van der Waals surface area contributed by atoms with Crippen molar-refractivity contribution in [2.75, 3.05) is 6.26 Å². The van der Waals surface area contributed by atoms with Crippen LogP contribution in [0, 0.1) is 15.5 Å². The van der Waals surface area contributed by atoms with Gasteiger partial charge in [0.05, 0.1) is 16.6 Å². The first-order valence-corrected chi connectivity index (χ1v) is 7.19. The van der Waals surface area contributed by atoms with Gasteiger partial charge in [0.25, 0.3) is 5.69 Å². The number of nitrogens with zero attached hydrogens (tertiary/aromatic N) is 1. The minimum Gasteiger partial charge on any atom is -0.456 e. The van der Waals surface area contributed by atoms with E-state index in [0.717, 1.165) is 4.90 Å². The Kier molecular flexibility index (Phi) is 4.44. The highest BCUT2D eigenvalue weighted by molar-refractivity contribution is 7.98. The van der Waals surface area contributed by atoms with Crippen LogP contribution in [0.2, 0.25) is 0 Å². The number of non-ortho nitro benzene ring substituents is 1. The van der Waals surface area contributed by atoms with Crippen molar-refractivity contribution in [1.29, 1.82) is 5.41 Å². The normalized spacial score (nSPS) is 10.1. The monoisotopic (exact) mass is 303 g/mol. The molecule has 2 aromatic carbocycles. The molecule has 0 aliphatic rings. The number of hydrogen-bond acceptors (Lipinski definition) is 5. The van der Waals surface area contributed by atoms with E-state index in [4.69, 9.17) is 15.9 Å². The summed E-state index contributed by atoms with van der Waals surface area (Å²) in [6, 6.07) is 11.2. The van der Waals surface area contributed by atoms with Crippen molar-refractivity contribution in [2.24, 2.45) is 5.73 Å². The molecule has 108 valence electrons. The summed E-state index contributed by atoms with van der Waals surface area (Å²) in [5, 5.41) is 18.4. The number of nitro groups is 1. The molecule has 21 heavy (non-hydrogen) atoms. The number of thioether (sulfide) groups is 1. The van der Waals surface area contributed by atoms with Gasteiger partial charge in [-0.3, -0.25) is 15.5 Å². The van der Waals surface area contributed by atoms with Crippen molar-refractivity contribution in [3.8, 4) is 11.5 Å². The van der Waals surface area contributed by atoms with Gasteiger partial charge >= 0.3 is 0 Å². The van der Waals surface area contributed by atoms with E-state index in [1.807, 2.05) is 12.3 Å². The highest BCUT2D eigenvalue weighted by Gasteiger charge is 2.14. The van der Waals surface area contributed by atoms with Gasteiger partial charge in [0.1, 0.15) is 17.3 Å². The smallest absolute Gasteiger partial charge is 0.273 e. The zero-order valence-corrected chi connectivity index (χ0v) is 12.0. The molecule has 0 bridgehead atoms. The number of ether oxygens (including phenoxy) is 1. The molecule has 0 unspecified atom stereocenters. The fraction of sp³-hybridized carbons (Fsp3) is 0.0714.